The number of benzene rings is 1. The van der Waals surface area contributed by atoms with Gasteiger partial charge in [-0.25, -0.2) is 8.42 Å². The van der Waals surface area contributed by atoms with Crippen LogP contribution in [0, 0.1) is 13.8 Å². The zero-order valence-corrected chi connectivity index (χ0v) is 12.0. The number of hydrogen-bond donors (Lipinski definition) is 2. The van der Waals surface area contributed by atoms with Gasteiger partial charge in [0.25, 0.3) is 0 Å². The quantitative estimate of drug-likeness (QED) is 0.821. The molecular weight excluding hydrogens is 293 g/mol. The third kappa shape index (κ3) is 5.28. The molecule has 4 nitrogen and oxygen atoms in total. The molecule has 0 aliphatic heterocycles. The summed E-state index contributed by atoms with van der Waals surface area (Å²) in [6.07, 6.45) is -5.93. The fourth-order valence-electron chi connectivity index (χ4n) is 1.63. The fourth-order valence-corrected chi connectivity index (χ4v) is 2.81. The standard InChI is InChI=1S/C12H17F3N2O2S/c1-8-7-11(9(2)6-10(8)16)17-20(18,19)5-3-4-12(13,14)15/h6-7,17H,3-5,16H2,1-2H3. The molecule has 0 saturated heterocycles. The predicted octanol–water partition coefficient (Wildman–Crippen LogP) is 2.97. The molecule has 3 N–H and O–H groups in total. The van der Waals surface area contributed by atoms with Crippen LogP contribution in [0.1, 0.15) is 24.0 Å². The van der Waals surface area contributed by atoms with Crippen molar-refractivity contribution < 1.29 is 21.6 Å². The van der Waals surface area contributed by atoms with Gasteiger partial charge in [-0.15, -0.1) is 0 Å². The van der Waals surface area contributed by atoms with Crippen molar-refractivity contribution in [3.63, 3.8) is 0 Å². The zero-order chi connectivity index (χ0) is 15.6. The Hall–Kier alpha value is -1.44. The van der Waals surface area contributed by atoms with Gasteiger partial charge in [-0.3, -0.25) is 4.72 Å². The molecule has 1 aromatic rings. The first-order valence-electron chi connectivity index (χ1n) is 5.94. The molecule has 0 amide bonds. The molecule has 1 aromatic carbocycles. The van der Waals surface area contributed by atoms with Crippen molar-refractivity contribution in [2.24, 2.45) is 0 Å². The second kappa shape index (κ2) is 5.90. The van der Waals surface area contributed by atoms with Crippen LogP contribution in [0.25, 0.3) is 0 Å². The van der Waals surface area contributed by atoms with E-state index in [4.69, 9.17) is 5.73 Å². The third-order valence-electron chi connectivity index (χ3n) is 2.75. The van der Waals surface area contributed by atoms with Crippen LogP contribution < -0.4 is 10.5 Å². The molecule has 0 unspecified atom stereocenters. The molecule has 0 atom stereocenters. The van der Waals surface area contributed by atoms with E-state index in [1.54, 1.807) is 26.0 Å². The Labute approximate surface area is 116 Å². The fraction of sp³-hybridized carbons (Fsp3) is 0.500. The smallest absolute Gasteiger partial charge is 0.389 e. The Balaban J connectivity index is 2.74. The Morgan fingerprint density at radius 1 is 1.20 bits per heavy atom. The van der Waals surface area contributed by atoms with Gasteiger partial charge in [-0.05, 0) is 43.5 Å². The number of alkyl halides is 3. The zero-order valence-electron chi connectivity index (χ0n) is 11.2. The second-order valence-electron chi connectivity index (χ2n) is 4.66. The van der Waals surface area contributed by atoms with Crippen molar-refractivity contribution in [1.82, 2.24) is 0 Å². The van der Waals surface area contributed by atoms with Gasteiger partial charge in [0, 0.05) is 12.1 Å². The highest BCUT2D eigenvalue weighted by Crippen LogP contribution is 2.24. The van der Waals surface area contributed by atoms with Crippen molar-refractivity contribution >= 4 is 21.4 Å². The average Bonchev–Trinajstić information content (AvgIpc) is 2.23. The number of sulfonamides is 1. The van der Waals surface area contributed by atoms with E-state index in [9.17, 15) is 21.6 Å². The molecule has 8 heteroatoms. The summed E-state index contributed by atoms with van der Waals surface area (Å²) in [5, 5.41) is 0. The van der Waals surface area contributed by atoms with Crippen LogP contribution in [-0.4, -0.2) is 20.3 Å². The van der Waals surface area contributed by atoms with Crippen LogP contribution >= 0.6 is 0 Å². The van der Waals surface area contributed by atoms with Crippen LogP contribution in [-0.2, 0) is 10.0 Å². The molecule has 1 rings (SSSR count). The molecule has 0 spiro atoms. The Bertz CT molecular complexity index is 583. The van der Waals surface area contributed by atoms with E-state index >= 15 is 0 Å². The van der Waals surface area contributed by atoms with Gasteiger partial charge in [-0.2, -0.15) is 13.2 Å². The highest BCUT2D eigenvalue weighted by atomic mass is 32.2. The van der Waals surface area contributed by atoms with E-state index < -0.39 is 34.8 Å². The van der Waals surface area contributed by atoms with Gasteiger partial charge in [0.1, 0.15) is 0 Å². The van der Waals surface area contributed by atoms with E-state index in [1.807, 2.05) is 0 Å². The molecule has 0 aliphatic carbocycles. The van der Waals surface area contributed by atoms with Gasteiger partial charge in [0.05, 0.1) is 11.4 Å². The first-order chi connectivity index (χ1) is 9.00. The molecule has 0 aliphatic rings. The van der Waals surface area contributed by atoms with E-state index in [0.717, 1.165) is 0 Å². The molecule has 0 fully saturated rings. The number of halogens is 3. The van der Waals surface area contributed by atoms with Crippen molar-refractivity contribution in [2.75, 3.05) is 16.2 Å². The van der Waals surface area contributed by atoms with Crippen LogP contribution in [0.2, 0.25) is 0 Å². The van der Waals surface area contributed by atoms with E-state index in [-0.39, 0.29) is 0 Å². The molecule has 114 valence electrons. The number of nitrogens with one attached hydrogen (secondary N) is 1. The largest absolute Gasteiger partial charge is 0.399 e. The third-order valence-corrected chi connectivity index (χ3v) is 4.11. The summed E-state index contributed by atoms with van der Waals surface area (Å²) < 4.78 is 61.7. The van der Waals surface area contributed by atoms with Gasteiger partial charge in [-0.1, -0.05) is 0 Å². The number of aryl methyl sites for hydroxylation is 2. The number of nitrogens with two attached hydrogens (primary N) is 1. The van der Waals surface area contributed by atoms with Crippen molar-refractivity contribution in [3.05, 3.63) is 23.3 Å². The summed E-state index contributed by atoms with van der Waals surface area (Å²) in [4.78, 5) is 0. The first-order valence-corrected chi connectivity index (χ1v) is 7.59. The summed E-state index contributed by atoms with van der Waals surface area (Å²) in [5.74, 6) is -0.574. The van der Waals surface area contributed by atoms with Gasteiger partial charge >= 0.3 is 6.18 Å². The lowest BCUT2D eigenvalue weighted by atomic mass is 10.1. The van der Waals surface area contributed by atoms with Gasteiger partial charge in [0.2, 0.25) is 10.0 Å². The van der Waals surface area contributed by atoms with E-state index in [1.165, 1.54) is 0 Å². The van der Waals surface area contributed by atoms with E-state index in [0.29, 0.717) is 22.5 Å². The van der Waals surface area contributed by atoms with E-state index in [2.05, 4.69) is 4.72 Å². The van der Waals surface area contributed by atoms with Crippen LogP contribution in [0.4, 0.5) is 24.5 Å². The summed E-state index contributed by atoms with van der Waals surface area (Å²) in [5.41, 5.74) is 7.86. The lowest BCUT2D eigenvalue weighted by Crippen LogP contribution is -2.19. The number of anilines is 2. The van der Waals surface area contributed by atoms with Crippen LogP contribution in [0.5, 0.6) is 0 Å². The van der Waals surface area contributed by atoms with Gasteiger partial charge < -0.3 is 5.73 Å². The maximum atomic E-state index is 12.0. The van der Waals surface area contributed by atoms with Crippen LogP contribution in [0.3, 0.4) is 0 Å². The first kappa shape index (κ1) is 16.6. The second-order valence-corrected chi connectivity index (χ2v) is 6.51. The SMILES string of the molecule is Cc1cc(NS(=O)(=O)CCCC(F)(F)F)c(C)cc1N. The maximum absolute atomic E-state index is 12.0. The highest BCUT2D eigenvalue weighted by Gasteiger charge is 2.27. The molecule has 0 saturated carbocycles. The normalized spacial score (nSPS) is 12.4. The Morgan fingerprint density at radius 2 is 1.80 bits per heavy atom. The minimum absolute atomic E-state index is 0.337. The average molecular weight is 310 g/mol. The molecule has 0 bridgehead atoms. The summed E-state index contributed by atoms with van der Waals surface area (Å²) in [7, 11) is -3.80. The lowest BCUT2D eigenvalue weighted by Gasteiger charge is -2.13. The molecular formula is C12H17F3N2O2S. The summed E-state index contributed by atoms with van der Waals surface area (Å²) in [6.45, 7) is 3.39. The van der Waals surface area contributed by atoms with Crippen molar-refractivity contribution in [1.29, 1.82) is 0 Å². The number of hydrogen-bond acceptors (Lipinski definition) is 3. The molecule has 0 aromatic heterocycles. The monoisotopic (exact) mass is 310 g/mol. The maximum Gasteiger partial charge on any atom is 0.389 e. The predicted molar refractivity (Wildman–Crippen MR) is 73.0 cm³/mol. The lowest BCUT2D eigenvalue weighted by molar-refractivity contribution is -0.134. The number of rotatable bonds is 5. The Morgan fingerprint density at radius 3 is 2.35 bits per heavy atom. The van der Waals surface area contributed by atoms with Gasteiger partial charge in [0.15, 0.2) is 0 Å². The van der Waals surface area contributed by atoms with Crippen molar-refractivity contribution in [2.45, 2.75) is 32.9 Å². The minimum atomic E-state index is -4.34. The molecule has 0 radical (unpaired) electrons. The van der Waals surface area contributed by atoms with Crippen molar-refractivity contribution in [3.8, 4) is 0 Å². The summed E-state index contributed by atoms with van der Waals surface area (Å²) >= 11 is 0. The minimum Gasteiger partial charge on any atom is -0.399 e. The molecule has 0 heterocycles. The van der Waals surface area contributed by atoms with Crippen LogP contribution in [0.15, 0.2) is 12.1 Å². The number of nitrogen functional groups attached to an aromatic ring is 1. The summed E-state index contributed by atoms with van der Waals surface area (Å²) in [6, 6.07) is 3.18. The topological polar surface area (TPSA) is 72.2 Å². The molecule has 20 heavy (non-hydrogen) atoms. The Kier molecular flexibility index (Phi) is 4.90. The highest BCUT2D eigenvalue weighted by molar-refractivity contribution is 7.92.